The zero-order chi connectivity index (χ0) is 14.6. The first kappa shape index (κ1) is 17.9. The maximum atomic E-state index is 9.75. The third-order valence-corrected chi connectivity index (χ3v) is 4.38. The predicted molar refractivity (Wildman–Crippen MR) is 82.7 cm³/mol. The lowest BCUT2D eigenvalue weighted by atomic mass is 10.0. The van der Waals surface area contributed by atoms with Gasteiger partial charge in [-0.05, 0) is 38.0 Å². The van der Waals surface area contributed by atoms with Crippen LogP contribution in [0.4, 0.5) is 0 Å². The fourth-order valence-corrected chi connectivity index (χ4v) is 2.77. The molecule has 1 aliphatic carbocycles. The van der Waals surface area contributed by atoms with Crippen molar-refractivity contribution < 1.29 is 14.6 Å². The normalized spacial score (nSPS) is 16.8. The van der Waals surface area contributed by atoms with E-state index in [1.165, 1.54) is 64.2 Å². The van der Waals surface area contributed by atoms with Crippen LogP contribution in [0.2, 0.25) is 0 Å². The van der Waals surface area contributed by atoms with Crippen molar-refractivity contribution in [1.29, 1.82) is 0 Å². The molecule has 0 aromatic heterocycles. The molecule has 1 unspecified atom stereocenters. The molecule has 3 nitrogen and oxygen atoms in total. The van der Waals surface area contributed by atoms with Crippen LogP contribution in [0.5, 0.6) is 0 Å². The van der Waals surface area contributed by atoms with E-state index in [-0.39, 0.29) is 12.4 Å². The van der Waals surface area contributed by atoms with Crippen LogP contribution in [0.1, 0.15) is 77.0 Å². The number of aliphatic hydroxyl groups excluding tert-OH is 1. The number of aliphatic hydroxyl groups is 1. The molecule has 0 bridgehead atoms. The minimum Gasteiger partial charge on any atom is -0.393 e. The van der Waals surface area contributed by atoms with Crippen LogP contribution in [0.3, 0.4) is 0 Å². The predicted octanol–water partition coefficient (Wildman–Crippen LogP) is 4.28. The highest BCUT2D eigenvalue weighted by molar-refractivity contribution is 4.80. The number of ether oxygens (including phenoxy) is 2. The van der Waals surface area contributed by atoms with Crippen LogP contribution < -0.4 is 0 Å². The largest absolute Gasteiger partial charge is 0.393 e. The Labute approximate surface area is 125 Å². The SMILES string of the molecule is COC(CCCCCCCCCCC(O)C1CC1)OC. The molecule has 0 saturated heterocycles. The Hall–Kier alpha value is -0.120. The van der Waals surface area contributed by atoms with Gasteiger partial charge < -0.3 is 14.6 Å². The molecule has 0 aromatic rings. The Morgan fingerprint density at radius 1 is 0.800 bits per heavy atom. The lowest BCUT2D eigenvalue weighted by Gasteiger charge is -2.12. The van der Waals surface area contributed by atoms with Crippen LogP contribution in [-0.2, 0) is 9.47 Å². The summed E-state index contributed by atoms with van der Waals surface area (Å²) in [6, 6.07) is 0. The van der Waals surface area contributed by atoms with E-state index >= 15 is 0 Å². The molecule has 1 saturated carbocycles. The first-order valence-corrected chi connectivity index (χ1v) is 8.51. The molecule has 1 atom stereocenters. The molecule has 0 heterocycles. The first-order chi connectivity index (χ1) is 9.77. The van der Waals surface area contributed by atoms with Crippen LogP contribution in [0.25, 0.3) is 0 Å². The van der Waals surface area contributed by atoms with Crippen molar-refractivity contribution in [3.63, 3.8) is 0 Å². The van der Waals surface area contributed by atoms with Gasteiger partial charge in [0.1, 0.15) is 0 Å². The monoisotopic (exact) mass is 286 g/mol. The molecule has 120 valence electrons. The first-order valence-electron chi connectivity index (χ1n) is 8.51. The number of methoxy groups -OCH3 is 2. The maximum Gasteiger partial charge on any atom is 0.156 e. The Balaban J connectivity index is 1.74. The number of rotatable bonds is 14. The summed E-state index contributed by atoms with van der Waals surface area (Å²) in [6.45, 7) is 0. The molecule has 1 rings (SSSR count). The summed E-state index contributed by atoms with van der Waals surface area (Å²) in [5, 5.41) is 9.75. The Morgan fingerprint density at radius 2 is 1.25 bits per heavy atom. The van der Waals surface area contributed by atoms with E-state index in [2.05, 4.69) is 0 Å². The topological polar surface area (TPSA) is 38.7 Å². The van der Waals surface area contributed by atoms with Crippen molar-refractivity contribution in [3.05, 3.63) is 0 Å². The summed E-state index contributed by atoms with van der Waals surface area (Å²) < 4.78 is 10.3. The highest BCUT2D eigenvalue weighted by Gasteiger charge is 2.28. The van der Waals surface area contributed by atoms with Crippen LogP contribution in [0.15, 0.2) is 0 Å². The molecule has 20 heavy (non-hydrogen) atoms. The summed E-state index contributed by atoms with van der Waals surface area (Å²) in [6.07, 6.45) is 14.9. The third-order valence-electron chi connectivity index (χ3n) is 4.38. The summed E-state index contributed by atoms with van der Waals surface area (Å²) >= 11 is 0. The molecule has 0 aromatic carbocycles. The summed E-state index contributed by atoms with van der Waals surface area (Å²) in [5.74, 6) is 0.651. The average Bonchev–Trinajstić information content (AvgIpc) is 3.29. The molecular weight excluding hydrogens is 252 g/mol. The zero-order valence-electron chi connectivity index (χ0n) is 13.5. The lowest BCUT2D eigenvalue weighted by molar-refractivity contribution is -0.107. The van der Waals surface area contributed by atoms with Gasteiger partial charge in [0.05, 0.1) is 6.10 Å². The van der Waals surface area contributed by atoms with Gasteiger partial charge in [-0.1, -0.05) is 44.9 Å². The van der Waals surface area contributed by atoms with E-state index in [1.54, 1.807) is 14.2 Å². The minimum atomic E-state index is -0.0205. The van der Waals surface area contributed by atoms with Crippen molar-refractivity contribution in [3.8, 4) is 0 Å². The standard InChI is InChI=1S/C17H34O3/c1-19-17(20-2)12-10-8-6-4-3-5-7-9-11-16(18)15-13-14-15/h15-18H,3-14H2,1-2H3. The maximum absolute atomic E-state index is 9.75. The molecule has 3 heteroatoms. The van der Waals surface area contributed by atoms with Crippen molar-refractivity contribution in [2.45, 2.75) is 89.4 Å². The van der Waals surface area contributed by atoms with E-state index < -0.39 is 0 Å². The quantitative estimate of drug-likeness (QED) is 0.383. The number of hydrogen-bond donors (Lipinski definition) is 1. The second-order valence-electron chi connectivity index (χ2n) is 6.21. The van der Waals surface area contributed by atoms with Gasteiger partial charge in [-0.25, -0.2) is 0 Å². The second-order valence-corrected chi connectivity index (χ2v) is 6.21. The van der Waals surface area contributed by atoms with E-state index in [9.17, 15) is 5.11 Å². The van der Waals surface area contributed by atoms with Crippen LogP contribution >= 0.6 is 0 Å². The van der Waals surface area contributed by atoms with Gasteiger partial charge in [-0.2, -0.15) is 0 Å². The Morgan fingerprint density at radius 3 is 1.70 bits per heavy atom. The smallest absolute Gasteiger partial charge is 0.156 e. The molecular formula is C17H34O3. The van der Waals surface area contributed by atoms with E-state index in [0.29, 0.717) is 5.92 Å². The van der Waals surface area contributed by atoms with Gasteiger partial charge in [0.25, 0.3) is 0 Å². The summed E-state index contributed by atoms with van der Waals surface area (Å²) in [7, 11) is 3.41. The third kappa shape index (κ3) is 8.93. The molecule has 1 aliphatic rings. The van der Waals surface area contributed by atoms with Crippen molar-refractivity contribution >= 4 is 0 Å². The van der Waals surface area contributed by atoms with Gasteiger partial charge >= 0.3 is 0 Å². The average molecular weight is 286 g/mol. The molecule has 0 aliphatic heterocycles. The molecule has 0 amide bonds. The van der Waals surface area contributed by atoms with Crippen molar-refractivity contribution in [2.24, 2.45) is 5.92 Å². The zero-order valence-corrected chi connectivity index (χ0v) is 13.5. The second kappa shape index (κ2) is 11.5. The number of unbranched alkanes of at least 4 members (excludes halogenated alkanes) is 7. The van der Waals surface area contributed by atoms with Gasteiger partial charge in [0, 0.05) is 14.2 Å². The minimum absolute atomic E-state index is 0.00418. The van der Waals surface area contributed by atoms with Crippen LogP contribution in [0, 0.1) is 5.92 Å². The van der Waals surface area contributed by atoms with Gasteiger partial charge in [-0.15, -0.1) is 0 Å². The van der Waals surface area contributed by atoms with Crippen molar-refractivity contribution in [2.75, 3.05) is 14.2 Å². The highest BCUT2D eigenvalue weighted by atomic mass is 16.7. The molecule has 1 fully saturated rings. The number of hydrogen-bond acceptors (Lipinski definition) is 3. The van der Waals surface area contributed by atoms with E-state index in [0.717, 1.165) is 12.8 Å². The van der Waals surface area contributed by atoms with Crippen molar-refractivity contribution in [1.82, 2.24) is 0 Å². The highest BCUT2D eigenvalue weighted by Crippen LogP contribution is 2.34. The lowest BCUT2D eigenvalue weighted by Crippen LogP contribution is -2.12. The Bertz CT molecular complexity index is 202. The Kier molecular flexibility index (Phi) is 10.3. The fourth-order valence-electron chi connectivity index (χ4n) is 2.77. The summed E-state index contributed by atoms with van der Waals surface area (Å²) in [4.78, 5) is 0. The van der Waals surface area contributed by atoms with Gasteiger partial charge in [0.15, 0.2) is 6.29 Å². The summed E-state index contributed by atoms with van der Waals surface area (Å²) in [5.41, 5.74) is 0. The molecule has 1 N–H and O–H groups in total. The van der Waals surface area contributed by atoms with Gasteiger partial charge in [0.2, 0.25) is 0 Å². The molecule has 0 radical (unpaired) electrons. The van der Waals surface area contributed by atoms with Gasteiger partial charge in [-0.3, -0.25) is 0 Å². The van der Waals surface area contributed by atoms with E-state index in [1.807, 2.05) is 0 Å². The fraction of sp³-hybridized carbons (Fsp3) is 1.00. The van der Waals surface area contributed by atoms with E-state index in [4.69, 9.17) is 9.47 Å². The van der Waals surface area contributed by atoms with Crippen LogP contribution in [-0.4, -0.2) is 31.7 Å². The molecule has 0 spiro atoms.